The number of ether oxygens (including phenoxy) is 1. The highest BCUT2D eigenvalue weighted by atomic mass is 16.5. The van der Waals surface area contributed by atoms with Crippen molar-refractivity contribution in [1.29, 1.82) is 0 Å². The fourth-order valence-corrected chi connectivity index (χ4v) is 3.41. The Labute approximate surface area is 155 Å². The largest absolute Gasteiger partial charge is 0.492 e. The summed E-state index contributed by atoms with van der Waals surface area (Å²) in [4.78, 5) is 25.3. The predicted octanol–water partition coefficient (Wildman–Crippen LogP) is 3.81. The smallest absolute Gasteiger partial charge is 0.240 e. The molecule has 2 N–H and O–H groups in total. The van der Waals surface area contributed by atoms with Crippen molar-refractivity contribution in [1.82, 2.24) is 5.32 Å². The zero-order valence-corrected chi connectivity index (χ0v) is 15.5. The number of allylic oxidation sites excluding steroid dienone is 1. The minimum atomic E-state index is -0.916. The first kappa shape index (κ1) is 18.5. The standard InChI is InChI=1S/C21H28N2O3/c1-2-26-18-11-7-6-10-17(18)23-20(25)21(13-14-21)19(24)22-15-12-16-8-4-3-5-9-16/h6-8,10-11H,2-5,9,12-15H2,1H3,(H,22,24)(H,23,25). The summed E-state index contributed by atoms with van der Waals surface area (Å²) >= 11 is 0. The second kappa shape index (κ2) is 8.39. The lowest BCUT2D eigenvalue weighted by molar-refractivity contribution is -0.134. The fourth-order valence-electron chi connectivity index (χ4n) is 3.41. The van der Waals surface area contributed by atoms with Crippen LogP contribution in [0.1, 0.15) is 51.9 Å². The summed E-state index contributed by atoms with van der Waals surface area (Å²) in [7, 11) is 0. The van der Waals surface area contributed by atoms with Crippen LogP contribution in [0.15, 0.2) is 35.9 Å². The van der Waals surface area contributed by atoms with Crippen molar-refractivity contribution >= 4 is 17.5 Å². The van der Waals surface area contributed by atoms with Gasteiger partial charge >= 0.3 is 0 Å². The van der Waals surface area contributed by atoms with Crippen LogP contribution in [-0.4, -0.2) is 25.0 Å². The predicted molar refractivity (Wildman–Crippen MR) is 102 cm³/mol. The third-order valence-corrected chi connectivity index (χ3v) is 5.17. The molecular formula is C21H28N2O3. The second-order valence-corrected chi connectivity index (χ2v) is 7.08. The highest BCUT2D eigenvalue weighted by Crippen LogP contribution is 2.47. The number of nitrogens with one attached hydrogen (secondary N) is 2. The maximum absolute atomic E-state index is 12.7. The Bertz CT molecular complexity index is 692. The molecule has 1 fully saturated rings. The van der Waals surface area contributed by atoms with E-state index in [-0.39, 0.29) is 11.8 Å². The van der Waals surface area contributed by atoms with Crippen LogP contribution in [0, 0.1) is 5.41 Å². The molecule has 1 saturated carbocycles. The molecule has 26 heavy (non-hydrogen) atoms. The highest BCUT2D eigenvalue weighted by Gasteiger charge is 2.56. The van der Waals surface area contributed by atoms with E-state index in [1.165, 1.54) is 18.4 Å². The van der Waals surface area contributed by atoms with Gasteiger partial charge in [-0.25, -0.2) is 0 Å². The molecule has 0 spiro atoms. The van der Waals surface area contributed by atoms with Gasteiger partial charge in [0.1, 0.15) is 11.2 Å². The summed E-state index contributed by atoms with van der Waals surface area (Å²) in [5.41, 5.74) is 1.13. The lowest BCUT2D eigenvalue weighted by atomic mass is 9.97. The third-order valence-electron chi connectivity index (χ3n) is 5.17. The molecule has 1 aromatic carbocycles. The molecule has 0 unspecified atom stereocenters. The summed E-state index contributed by atoms with van der Waals surface area (Å²) in [6, 6.07) is 7.32. The number of carbonyl (C=O) groups is 2. The molecule has 5 heteroatoms. The van der Waals surface area contributed by atoms with Crippen molar-refractivity contribution in [3.63, 3.8) is 0 Å². The molecule has 5 nitrogen and oxygen atoms in total. The number of hydrogen-bond acceptors (Lipinski definition) is 3. The first-order valence-electron chi connectivity index (χ1n) is 9.65. The summed E-state index contributed by atoms with van der Waals surface area (Å²) in [5, 5.41) is 5.85. The number of para-hydroxylation sites is 2. The normalized spacial score (nSPS) is 17.8. The number of carbonyl (C=O) groups excluding carboxylic acids is 2. The number of rotatable bonds is 8. The zero-order valence-electron chi connectivity index (χ0n) is 15.5. The molecule has 0 saturated heterocycles. The molecule has 1 aromatic rings. The van der Waals surface area contributed by atoms with Crippen molar-refractivity contribution in [2.45, 2.75) is 51.9 Å². The van der Waals surface area contributed by atoms with Gasteiger partial charge in [-0.05, 0) is 64.0 Å². The number of benzene rings is 1. The Hall–Kier alpha value is -2.30. The van der Waals surface area contributed by atoms with Gasteiger partial charge in [-0.15, -0.1) is 0 Å². The van der Waals surface area contributed by atoms with Gasteiger partial charge in [-0.2, -0.15) is 0 Å². The Morgan fingerprint density at radius 2 is 1.96 bits per heavy atom. The quantitative estimate of drug-likeness (QED) is 0.550. The van der Waals surface area contributed by atoms with Crippen molar-refractivity contribution in [3.8, 4) is 5.75 Å². The monoisotopic (exact) mass is 356 g/mol. The molecular weight excluding hydrogens is 328 g/mol. The minimum Gasteiger partial charge on any atom is -0.492 e. The van der Waals surface area contributed by atoms with E-state index in [1.54, 1.807) is 6.07 Å². The maximum atomic E-state index is 12.7. The minimum absolute atomic E-state index is 0.152. The van der Waals surface area contributed by atoms with Crippen LogP contribution in [0.3, 0.4) is 0 Å². The van der Waals surface area contributed by atoms with Crippen molar-refractivity contribution < 1.29 is 14.3 Å². The Morgan fingerprint density at radius 3 is 2.65 bits per heavy atom. The first-order chi connectivity index (χ1) is 12.7. The SMILES string of the molecule is CCOc1ccccc1NC(=O)C1(C(=O)NCCC2=CCCCC2)CC1. The third kappa shape index (κ3) is 4.26. The van der Waals surface area contributed by atoms with Gasteiger partial charge in [0.15, 0.2) is 0 Å². The first-order valence-corrected chi connectivity index (χ1v) is 9.65. The average Bonchev–Trinajstić information content (AvgIpc) is 3.46. The molecule has 0 atom stereocenters. The van der Waals surface area contributed by atoms with E-state index < -0.39 is 5.41 Å². The molecule has 0 heterocycles. The summed E-state index contributed by atoms with van der Waals surface area (Å²) in [6.45, 7) is 3.03. The number of hydrogen-bond donors (Lipinski definition) is 2. The second-order valence-electron chi connectivity index (χ2n) is 7.08. The van der Waals surface area contributed by atoms with Gasteiger partial charge in [0.2, 0.25) is 11.8 Å². The van der Waals surface area contributed by atoms with Crippen molar-refractivity contribution in [2.24, 2.45) is 5.41 Å². The van der Waals surface area contributed by atoms with E-state index in [9.17, 15) is 9.59 Å². The van der Waals surface area contributed by atoms with Gasteiger partial charge in [-0.3, -0.25) is 9.59 Å². The van der Waals surface area contributed by atoms with Crippen molar-refractivity contribution in [3.05, 3.63) is 35.9 Å². The van der Waals surface area contributed by atoms with E-state index in [4.69, 9.17) is 4.74 Å². The Morgan fingerprint density at radius 1 is 1.15 bits per heavy atom. The maximum Gasteiger partial charge on any atom is 0.240 e. The van der Waals surface area contributed by atoms with Crippen LogP contribution >= 0.6 is 0 Å². The summed E-state index contributed by atoms with van der Waals surface area (Å²) in [5.74, 6) is 0.239. The van der Waals surface area contributed by atoms with Crippen LogP contribution in [0.5, 0.6) is 5.75 Å². The van der Waals surface area contributed by atoms with E-state index in [0.717, 1.165) is 19.3 Å². The zero-order chi connectivity index (χ0) is 18.4. The van der Waals surface area contributed by atoms with Crippen LogP contribution < -0.4 is 15.4 Å². The molecule has 0 aromatic heterocycles. The van der Waals surface area contributed by atoms with Crippen LogP contribution in [0.25, 0.3) is 0 Å². The van der Waals surface area contributed by atoms with Gasteiger partial charge in [-0.1, -0.05) is 23.8 Å². The molecule has 140 valence electrons. The summed E-state index contributed by atoms with van der Waals surface area (Å²) < 4.78 is 5.54. The van der Waals surface area contributed by atoms with E-state index in [2.05, 4.69) is 16.7 Å². The van der Waals surface area contributed by atoms with E-state index in [1.807, 2.05) is 25.1 Å². The lowest BCUT2D eigenvalue weighted by Crippen LogP contribution is -2.40. The Kier molecular flexibility index (Phi) is 5.96. The van der Waals surface area contributed by atoms with Gasteiger partial charge in [0.25, 0.3) is 0 Å². The Balaban J connectivity index is 1.55. The van der Waals surface area contributed by atoms with Crippen LogP contribution in [0.2, 0.25) is 0 Å². The molecule has 2 aliphatic carbocycles. The highest BCUT2D eigenvalue weighted by molar-refractivity contribution is 6.13. The van der Waals surface area contributed by atoms with Crippen LogP contribution in [0.4, 0.5) is 5.69 Å². The molecule has 0 radical (unpaired) electrons. The number of anilines is 1. The van der Waals surface area contributed by atoms with Gasteiger partial charge < -0.3 is 15.4 Å². The molecule has 2 amide bonds. The number of amides is 2. The fraction of sp³-hybridized carbons (Fsp3) is 0.524. The lowest BCUT2D eigenvalue weighted by Gasteiger charge is -2.18. The average molecular weight is 356 g/mol. The van der Waals surface area contributed by atoms with Gasteiger partial charge in [0.05, 0.1) is 12.3 Å². The van der Waals surface area contributed by atoms with E-state index in [0.29, 0.717) is 37.4 Å². The molecule has 2 aliphatic rings. The molecule has 3 rings (SSSR count). The molecule has 0 aliphatic heterocycles. The van der Waals surface area contributed by atoms with Crippen molar-refractivity contribution in [2.75, 3.05) is 18.5 Å². The van der Waals surface area contributed by atoms with E-state index >= 15 is 0 Å². The van der Waals surface area contributed by atoms with Gasteiger partial charge in [0, 0.05) is 6.54 Å². The van der Waals surface area contributed by atoms with Crippen LogP contribution in [-0.2, 0) is 9.59 Å². The molecule has 0 bridgehead atoms. The topological polar surface area (TPSA) is 67.4 Å². The summed E-state index contributed by atoms with van der Waals surface area (Å²) in [6.07, 6.45) is 9.17.